The Kier molecular flexibility index (Phi) is 3.13. The van der Waals surface area contributed by atoms with Crippen LogP contribution >= 0.6 is 0 Å². The van der Waals surface area contributed by atoms with Crippen molar-refractivity contribution in [3.63, 3.8) is 0 Å². The van der Waals surface area contributed by atoms with Crippen LogP contribution < -0.4 is 0 Å². The predicted molar refractivity (Wildman–Crippen MR) is 80.4 cm³/mol. The average molecular weight is 297 g/mol. The number of aromatic carboxylic acids is 1. The molecule has 0 radical (unpaired) electrons. The van der Waals surface area contributed by atoms with Gasteiger partial charge in [-0.05, 0) is 39.8 Å². The number of pyridine rings is 1. The van der Waals surface area contributed by atoms with Gasteiger partial charge in [0, 0.05) is 17.1 Å². The molecule has 3 aromatic rings. The van der Waals surface area contributed by atoms with Crippen molar-refractivity contribution in [2.45, 2.75) is 27.7 Å². The van der Waals surface area contributed by atoms with Crippen LogP contribution in [-0.2, 0) is 0 Å². The number of fused-ring (bicyclic) bond motifs is 1. The van der Waals surface area contributed by atoms with E-state index in [1.54, 1.807) is 19.9 Å². The van der Waals surface area contributed by atoms with Crippen molar-refractivity contribution in [2.24, 2.45) is 0 Å². The molecule has 0 aliphatic carbocycles. The Labute approximate surface area is 126 Å². The number of aryl methyl sites for hydroxylation is 4. The van der Waals surface area contributed by atoms with Crippen LogP contribution in [0, 0.1) is 27.7 Å². The molecule has 0 amide bonds. The number of carboxylic acids is 1. The Bertz CT molecular complexity index is 894. The second-order valence-corrected chi connectivity index (χ2v) is 5.26. The van der Waals surface area contributed by atoms with E-state index < -0.39 is 5.97 Å². The van der Waals surface area contributed by atoms with Crippen molar-refractivity contribution in [3.05, 3.63) is 40.5 Å². The van der Waals surface area contributed by atoms with Gasteiger partial charge < -0.3 is 5.11 Å². The van der Waals surface area contributed by atoms with E-state index in [1.165, 1.54) is 4.68 Å². The fourth-order valence-electron chi connectivity index (χ4n) is 2.52. The third-order valence-electron chi connectivity index (χ3n) is 3.33. The van der Waals surface area contributed by atoms with Gasteiger partial charge in [0.2, 0.25) is 0 Å². The first-order valence-electron chi connectivity index (χ1n) is 6.79. The summed E-state index contributed by atoms with van der Waals surface area (Å²) in [5.41, 5.74) is 3.47. The van der Waals surface area contributed by atoms with Crippen molar-refractivity contribution < 1.29 is 9.90 Å². The summed E-state index contributed by atoms with van der Waals surface area (Å²) < 4.78 is 1.50. The molecule has 0 aromatic carbocycles. The molecule has 0 fully saturated rings. The molecule has 22 heavy (non-hydrogen) atoms. The van der Waals surface area contributed by atoms with Gasteiger partial charge in [-0.2, -0.15) is 9.78 Å². The Balaban J connectivity index is 2.39. The minimum Gasteiger partial charge on any atom is -0.478 e. The zero-order chi connectivity index (χ0) is 16.0. The van der Waals surface area contributed by atoms with Gasteiger partial charge in [-0.1, -0.05) is 0 Å². The lowest BCUT2D eigenvalue weighted by Gasteiger charge is -2.05. The first kappa shape index (κ1) is 14.1. The van der Waals surface area contributed by atoms with Crippen molar-refractivity contribution >= 4 is 17.0 Å². The summed E-state index contributed by atoms with van der Waals surface area (Å²) in [6.07, 6.45) is 0. The zero-order valence-electron chi connectivity index (χ0n) is 12.7. The first-order chi connectivity index (χ1) is 10.4. The molecule has 0 saturated carbocycles. The highest BCUT2D eigenvalue weighted by atomic mass is 16.4. The fourth-order valence-corrected chi connectivity index (χ4v) is 2.52. The van der Waals surface area contributed by atoms with Gasteiger partial charge in [0.1, 0.15) is 0 Å². The van der Waals surface area contributed by atoms with Gasteiger partial charge >= 0.3 is 5.97 Å². The lowest BCUT2D eigenvalue weighted by atomic mass is 10.1. The van der Waals surface area contributed by atoms with Gasteiger partial charge in [0.05, 0.1) is 16.6 Å². The van der Waals surface area contributed by atoms with Crippen molar-refractivity contribution in [3.8, 4) is 5.95 Å². The van der Waals surface area contributed by atoms with E-state index in [-0.39, 0.29) is 5.56 Å². The quantitative estimate of drug-likeness (QED) is 0.779. The van der Waals surface area contributed by atoms with Crippen molar-refractivity contribution in [1.82, 2.24) is 24.7 Å². The highest BCUT2D eigenvalue weighted by Crippen LogP contribution is 2.24. The molecule has 0 aliphatic rings. The van der Waals surface area contributed by atoms with E-state index in [4.69, 9.17) is 0 Å². The minimum absolute atomic E-state index is 0.190. The van der Waals surface area contributed by atoms with Crippen molar-refractivity contribution in [1.29, 1.82) is 0 Å². The number of aromatic nitrogens is 5. The summed E-state index contributed by atoms with van der Waals surface area (Å²) in [5.74, 6) is -0.607. The van der Waals surface area contributed by atoms with E-state index >= 15 is 0 Å². The minimum atomic E-state index is -1.00. The smallest absolute Gasteiger partial charge is 0.336 e. The molecule has 0 spiro atoms. The zero-order valence-corrected chi connectivity index (χ0v) is 12.7. The molecule has 3 rings (SSSR count). The molecule has 3 heterocycles. The number of hydrogen-bond acceptors (Lipinski definition) is 5. The number of carbonyl (C=O) groups is 1. The van der Waals surface area contributed by atoms with Crippen LogP contribution in [0.25, 0.3) is 17.0 Å². The van der Waals surface area contributed by atoms with Crippen LogP contribution in [0.2, 0.25) is 0 Å². The molecule has 0 atom stereocenters. The molecule has 112 valence electrons. The summed E-state index contributed by atoms with van der Waals surface area (Å²) in [6.45, 7) is 7.25. The maximum atomic E-state index is 11.5. The second-order valence-electron chi connectivity index (χ2n) is 5.26. The molecule has 1 N–H and O–H groups in total. The fraction of sp³-hybridized carbons (Fsp3) is 0.267. The third-order valence-corrected chi connectivity index (χ3v) is 3.33. The third kappa shape index (κ3) is 2.20. The number of hydrogen-bond donors (Lipinski definition) is 1. The maximum Gasteiger partial charge on any atom is 0.336 e. The molecule has 0 saturated heterocycles. The van der Waals surface area contributed by atoms with Crippen LogP contribution in [0.1, 0.15) is 33.1 Å². The Morgan fingerprint density at radius 2 is 1.59 bits per heavy atom. The topological polar surface area (TPSA) is 93.8 Å². The van der Waals surface area contributed by atoms with Gasteiger partial charge in [-0.15, -0.1) is 0 Å². The summed E-state index contributed by atoms with van der Waals surface area (Å²) in [6, 6.07) is 3.41. The van der Waals surface area contributed by atoms with Crippen LogP contribution in [-0.4, -0.2) is 35.8 Å². The van der Waals surface area contributed by atoms with E-state index in [0.717, 1.165) is 11.4 Å². The van der Waals surface area contributed by atoms with Crippen LogP contribution in [0.4, 0.5) is 0 Å². The average Bonchev–Trinajstić information content (AvgIpc) is 2.74. The normalized spacial score (nSPS) is 11.1. The number of rotatable bonds is 2. The van der Waals surface area contributed by atoms with E-state index in [9.17, 15) is 9.90 Å². The summed E-state index contributed by atoms with van der Waals surface area (Å²) >= 11 is 0. The largest absolute Gasteiger partial charge is 0.478 e. The molecule has 3 aromatic heterocycles. The molecule has 0 aliphatic heterocycles. The van der Waals surface area contributed by atoms with Crippen LogP contribution in [0.5, 0.6) is 0 Å². The van der Waals surface area contributed by atoms with E-state index in [2.05, 4.69) is 20.1 Å². The Hall–Kier alpha value is -2.83. The van der Waals surface area contributed by atoms with Gasteiger partial charge in [0.15, 0.2) is 5.65 Å². The lowest BCUT2D eigenvalue weighted by molar-refractivity contribution is 0.0698. The molecule has 0 unspecified atom stereocenters. The van der Waals surface area contributed by atoms with E-state index in [1.807, 2.05) is 19.9 Å². The van der Waals surface area contributed by atoms with Crippen LogP contribution in [0.15, 0.2) is 12.1 Å². The Morgan fingerprint density at radius 3 is 2.18 bits per heavy atom. The van der Waals surface area contributed by atoms with Gasteiger partial charge in [-0.3, -0.25) is 0 Å². The predicted octanol–water partition coefficient (Wildman–Crippen LogP) is 2.14. The monoisotopic (exact) mass is 297 g/mol. The maximum absolute atomic E-state index is 11.5. The SMILES string of the molecule is Cc1cc(C)nc(-n2nc(C)c3c(C(=O)O)cc(C)nc32)n1. The Morgan fingerprint density at radius 1 is 1.00 bits per heavy atom. The lowest BCUT2D eigenvalue weighted by Crippen LogP contribution is -2.07. The molecule has 7 heteroatoms. The standard InChI is InChI=1S/C15H15N5O2/c1-7-5-8(2)18-15(17-7)20-13-12(10(4)19-20)11(14(21)22)6-9(3)16-13/h5-6H,1-4H3,(H,21,22). The highest BCUT2D eigenvalue weighted by Gasteiger charge is 2.20. The van der Waals surface area contributed by atoms with Gasteiger partial charge in [0.25, 0.3) is 5.95 Å². The number of carboxylic acid groups (broad SMARTS) is 1. The highest BCUT2D eigenvalue weighted by molar-refractivity contribution is 6.03. The molecular weight excluding hydrogens is 282 g/mol. The molecule has 7 nitrogen and oxygen atoms in total. The summed E-state index contributed by atoms with van der Waals surface area (Å²) in [4.78, 5) is 24.7. The van der Waals surface area contributed by atoms with Crippen molar-refractivity contribution in [2.75, 3.05) is 0 Å². The summed E-state index contributed by atoms with van der Waals surface area (Å²) in [7, 11) is 0. The molecular formula is C15H15N5O2. The van der Waals surface area contributed by atoms with Gasteiger partial charge in [-0.25, -0.2) is 19.7 Å². The summed E-state index contributed by atoms with van der Waals surface area (Å²) in [5, 5.41) is 14.3. The van der Waals surface area contributed by atoms with Crippen LogP contribution in [0.3, 0.4) is 0 Å². The molecule has 0 bridgehead atoms. The number of nitrogens with zero attached hydrogens (tertiary/aromatic N) is 5. The second kappa shape index (κ2) is 4.87. The first-order valence-corrected chi connectivity index (χ1v) is 6.79. The van der Waals surface area contributed by atoms with E-state index in [0.29, 0.717) is 28.4 Å².